The molecule has 15 heavy (non-hydrogen) atoms. The molecule has 0 spiro atoms. The zero-order valence-corrected chi connectivity index (χ0v) is 6.99. The van der Waals surface area contributed by atoms with E-state index >= 15 is 0 Å². The minimum atomic E-state index is -3.38. The van der Waals surface area contributed by atoms with Crippen LogP contribution in [0.1, 0.15) is 22.5 Å². The normalized spacial score (nSPS) is 10.4. The molecule has 1 rings (SSSR count). The first-order valence-electron chi connectivity index (χ1n) is 3.55. The molecule has 0 saturated carbocycles. The first-order valence-corrected chi connectivity index (χ1v) is 3.55. The molecule has 5 nitrogen and oxygen atoms in total. The number of halogens is 3. The van der Waals surface area contributed by atoms with E-state index in [1.165, 1.54) is 0 Å². The topological polar surface area (TPSA) is 73.1 Å². The van der Waals surface area contributed by atoms with E-state index in [4.69, 9.17) is 0 Å². The Morgan fingerprint density at radius 3 is 2.53 bits per heavy atom. The predicted octanol–water partition coefficient (Wildman–Crippen LogP) is 1.88. The van der Waals surface area contributed by atoms with Crippen molar-refractivity contribution in [2.45, 2.75) is 6.43 Å². The van der Waals surface area contributed by atoms with Crippen LogP contribution in [0.3, 0.4) is 0 Å². The van der Waals surface area contributed by atoms with Crippen molar-refractivity contribution in [3.63, 3.8) is 0 Å². The largest absolute Gasteiger partial charge is 0.310 e. The van der Waals surface area contributed by atoms with Gasteiger partial charge in [-0.2, -0.15) is 0 Å². The Morgan fingerprint density at radius 1 is 1.53 bits per heavy atom. The molecule has 0 aromatic carbocycles. The van der Waals surface area contributed by atoms with Crippen LogP contribution in [0.25, 0.3) is 0 Å². The summed E-state index contributed by atoms with van der Waals surface area (Å²) in [6, 6.07) is 0. The Labute approximate surface area is 80.7 Å². The SMILES string of the molecule is O=Cc1ncc(F)c(C(F)F)c1[N+](=O)[O-]. The second-order valence-corrected chi connectivity index (χ2v) is 2.43. The van der Waals surface area contributed by atoms with Gasteiger partial charge in [-0.1, -0.05) is 0 Å². The summed E-state index contributed by atoms with van der Waals surface area (Å²) in [4.78, 5) is 22.4. The van der Waals surface area contributed by atoms with Gasteiger partial charge in [-0.3, -0.25) is 14.9 Å². The number of alkyl halides is 2. The van der Waals surface area contributed by atoms with Crippen molar-refractivity contribution >= 4 is 12.0 Å². The predicted molar refractivity (Wildman–Crippen MR) is 41.2 cm³/mol. The summed E-state index contributed by atoms with van der Waals surface area (Å²) in [7, 11) is 0. The van der Waals surface area contributed by atoms with Crippen molar-refractivity contribution in [3.8, 4) is 0 Å². The van der Waals surface area contributed by atoms with Gasteiger partial charge in [-0.05, 0) is 0 Å². The molecule has 0 radical (unpaired) electrons. The van der Waals surface area contributed by atoms with Crippen molar-refractivity contribution in [2.75, 3.05) is 0 Å². The minimum absolute atomic E-state index is 0.0799. The molecule has 0 N–H and O–H groups in total. The van der Waals surface area contributed by atoms with Crippen molar-refractivity contribution in [1.82, 2.24) is 4.98 Å². The number of aldehydes is 1. The first kappa shape index (κ1) is 11.1. The number of pyridine rings is 1. The highest BCUT2D eigenvalue weighted by Gasteiger charge is 2.30. The van der Waals surface area contributed by atoms with Crippen LogP contribution >= 0.6 is 0 Å². The highest BCUT2D eigenvalue weighted by Crippen LogP contribution is 2.32. The summed E-state index contributed by atoms with van der Waals surface area (Å²) >= 11 is 0. The van der Waals surface area contributed by atoms with Crippen LogP contribution < -0.4 is 0 Å². The monoisotopic (exact) mass is 220 g/mol. The van der Waals surface area contributed by atoms with Gasteiger partial charge in [0, 0.05) is 0 Å². The Hall–Kier alpha value is -1.99. The Balaban J connectivity index is 3.58. The van der Waals surface area contributed by atoms with Crippen LogP contribution in [-0.2, 0) is 0 Å². The summed E-state index contributed by atoms with van der Waals surface area (Å²) in [5.41, 5.74) is -3.53. The van der Waals surface area contributed by atoms with E-state index in [2.05, 4.69) is 4.98 Å². The fraction of sp³-hybridized carbons (Fsp3) is 0.143. The van der Waals surface area contributed by atoms with E-state index in [-0.39, 0.29) is 6.29 Å². The van der Waals surface area contributed by atoms with E-state index in [9.17, 15) is 28.1 Å². The van der Waals surface area contributed by atoms with E-state index in [1.54, 1.807) is 0 Å². The molecule has 0 aliphatic rings. The van der Waals surface area contributed by atoms with Crippen LogP contribution in [0.15, 0.2) is 6.20 Å². The third kappa shape index (κ3) is 1.92. The molecule has 0 atom stereocenters. The quantitative estimate of drug-likeness (QED) is 0.442. The molecule has 0 saturated heterocycles. The fourth-order valence-corrected chi connectivity index (χ4v) is 0.994. The van der Waals surface area contributed by atoms with Crippen LogP contribution in [0.5, 0.6) is 0 Å². The molecule has 1 aromatic rings. The van der Waals surface area contributed by atoms with Gasteiger partial charge >= 0.3 is 5.69 Å². The Morgan fingerprint density at radius 2 is 2.13 bits per heavy atom. The van der Waals surface area contributed by atoms with Gasteiger partial charge in [0.1, 0.15) is 5.56 Å². The van der Waals surface area contributed by atoms with Crippen molar-refractivity contribution < 1.29 is 22.9 Å². The summed E-state index contributed by atoms with van der Waals surface area (Å²) in [5.74, 6) is -1.51. The number of carbonyl (C=O) groups is 1. The van der Waals surface area contributed by atoms with Gasteiger partial charge in [-0.15, -0.1) is 0 Å². The number of nitro groups is 1. The summed E-state index contributed by atoms with van der Waals surface area (Å²) in [6.45, 7) is 0. The highest BCUT2D eigenvalue weighted by atomic mass is 19.3. The zero-order valence-electron chi connectivity index (χ0n) is 6.99. The standard InChI is InChI=1S/C7H3F3N2O3/c8-3-1-11-4(2-13)6(12(14)15)5(3)7(9)10/h1-2,7H. The lowest BCUT2D eigenvalue weighted by molar-refractivity contribution is -0.387. The van der Waals surface area contributed by atoms with E-state index in [1.807, 2.05) is 0 Å². The maximum Gasteiger partial charge on any atom is 0.310 e. The van der Waals surface area contributed by atoms with Crippen LogP contribution in [-0.4, -0.2) is 16.2 Å². The number of hydrogen-bond donors (Lipinski definition) is 0. The molecule has 0 bridgehead atoms. The lowest BCUT2D eigenvalue weighted by Crippen LogP contribution is -2.05. The average Bonchev–Trinajstić information content (AvgIpc) is 2.16. The van der Waals surface area contributed by atoms with Gasteiger partial charge < -0.3 is 0 Å². The molecular formula is C7H3F3N2O3. The number of nitrogens with zero attached hydrogens (tertiary/aromatic N) is 2. The Bertz CT molecular complexity index is 422. The van der Waals surface area contributed by atoms with Gasteiger partial charge in [0.15, 0.2) is 17.8 Å². The molecule has 0 unspecified atom stereocenters. The molecule has 0 aliphatic carbocycles. The lowest BCUT2D eigenvalue weighted by Gasteiger charge is -2.03. The molecule has 0 aliphatic heterocycles. The molecule has 80 valence electrons. The van der Waals surface area contributed by atoms with Gasteiger partial charge in [0.25, 0.3) is 6.43 Å². The van der Waals surface area contributed by atoms with Crippen LogP contribution in [0, 0.1) is 15.9 Å². The van der Waals surface area contributed by atoms with Gasteiger partial charge in [0.2, 0.25) is 0 Å². The lowest BCUT2D eigenvalue weighted by atomic mass is 10.2. The minimum Gasteiger partial charge on any atom is -0.296 e. The molecular weight excluding hydrogens is 217 g/mol. The van der Waals surface area contributed by atoms with Crippen LogP contribution in [0.4, 0.5) is 18.9 Å². The van der Waals surface area contributed by atoms with Crippen LogP contribution in [0.2, 0.25) is 0 Å². The molecule has 0 fully saturated rings. The molecule has 1 heterocycles. The van der Waals surface area contributed by atoms with Gasteiger partial charge in [-0.25, -0.2) is 18.2 Å². The Kier molecular flexibility index (Phi) is 2.98. The number of aromatic nitrogens is 1. The van der Waals surface area contributed by atoms with Crippen molar-refractivity contribution in [2.24, 2.45) is 0 Å². The summed E-state index contributed by atoms with van der Waals surface area (Å²) < 4.78 is 37.4. The molecule has 1 aromatic heterocycles. The molecule has 8 heteroatoms. The van der Waals surface area contributed by atoms with E-state index < -0.39 is 34.1 Å². The number of hydrogen-bond acceptors (Lipinski definition) is 4. The smallest absolute Gasteiger partial charge is 0.296 e. The average molecular weight is 220 g/mol. The third-order valence-electron chi connectivity index (χ3n) is 1.58. The van der Waals surface area contributed by atoms with Crippen molar-refractivity contribution in [3.05, 3.63) is 33.4 Å². The van der Waals surface area contributed by atoms with E-state index in [0.29, 0.717) is 6.20 Å². The van der Waals surface area contributed by atoms with E-state index in [0.717, 1.165) is 0 Å². The third-order valence-corrected chi connectivity index (χ3v) is 1.58. The molecule has 0 amide bonds. The second kappa shape index (κ2) is 4.03. The summed E-state index contributed by atoms with van der Waals surface area (Å²) in [5, 5.41) is 10.4. The second-order valence-electron chi connectivity index (χ2n) is 2.43. The maximum atomic E-state index is 12.8. The maximum absolute atomic E-state index is 12.8. The zero-order chi connectivity index (χ0) is 11.6. The highest BCUT2D eigenvalue weighted by molar-refractivity contribution is 5.79. The van der Waals surface area contributed by atoms with Crippen molar-refractivity contribution in [1.29, 1.82) is 0 Å². The van der Waals surface area contributed by atoms with Gasteiger partial charge in [0.05, 0.1) is 11.1 Å². The number of rotatable bonds is 3. The number of carbonyl (C=O) groups excluding carboxylic acids is 1. The first-order chi connectivity index (χ1) is 6.99. The summed E-state index contributed by atoms with van der Waals surface area (Å²) in [6.07, 6.45) is -3.12. The fourth-order valence-electron chi connectivity index (χ4n) is 0.994.